The number of methoxy groups -OCH3 is 1. The van der Waals surface area contributed by atoms with Gasteiger partial charge in [-0.2, -0.15) is 0 Å². The van der Waals surface area contributed by atoms with Gasteiger partial charge in [-0.15, -0.1) is 0 Å². The molecule has 0 radical (unpaired) electrons. The van der Waals surface area contributed by atoms with E-state index in [9.17, 15) is 29.7 Å². The Morgan fingerprint density at radius 1 is 0.772 bits per heavy atom. The largest absolute Gasteiger partial charge is 0.507 e. The summed E-state index contributed by atoms with van der Waals surface area (Å²) in [5.41, 5.74) is 2.10. The third kappa shape index (κ3) is 7.68. The normalized spacial score (nSPS) is 14.1. The summed E-state index contributed by atoms with van der Waals surface area (Å²) in [5.74, 6) is -1.41. The second-order valence-electron chi connectivity index (χ2n) is 14.2. The molecule has 0 heterocycles. The molecule has 0 fully saturated rings. The number of hydrogen-bond acceptors (Lipinski definition) is 14. The predicted octanol–water partition coefficient (Wildman–Crippen LogP) is 2.99. The number of halogens is 1. The van der Waals surface area contributed by atoms with E-state index < -0.39 is 30.0 Å². The van der Waals surface area contributed by atoms with Crippen LogP contribution in [0.5, 0.6) is 11.5 Å². The Balaban J connectivity index is 1.70. The van der Waals surface area contributed by atoms with Gasteiger partial charge in [0.2, 0.25) is 10.9 Å². The first-order chi connectivity index (χ1) is 27.6. The van der Waals surface area contributed by atoms with Gasteiger partial charge in [0.05, 0.1) is 81.1 Å². The maximum atomic E-state index is 14.9. The zero-order chi connectivity index (χ0) is 41.0. The third-order valence-electron chi connectivity index (χ3n) is 10.7. The Hall–Kier alpha value is -4.03. The molecule has 0 bridgehead atoms. The van der Waals surface area contributed by atoms with E-state index in [1.54, 1.807) is 13.0 Å². The third-order valence-corrected chi connectivity index (χ3v) is 11.6. The van der Waals surface area contributed by atoms with Gasteiger partial charge in [-0.3, -0.25) is 14.4 Å². The summed E-state index contributed by atoms with van der Waals surface area (Å²) in [4.78, 5) is 43.0. The summed E-state index contributed by atoms with van der Waals surface area (Å²) in [6, 6.07) is 1.69. The van der Waals surface area contributed by atoms with Crippen LogP contribution in [0.4, 0.5) is 5.69 Å². The number of allylic oxidation sites excluding steroid dienone is 1. The average molecular weight is 853 g/mol. The van der Waals surface area contributed by atoms with Crippen molar-refractivity contribution >= 4 is 76.6 Å². The van der Waals surface area contributed by atoms with Crippen molar-refractivity contribution in [2.24, 2.45) is 0 Å². The first kappa shape index (κ1) is 42.6. The molecule has 1 unspecified atom stereocenters. The second-order valence-corrected chi connectivity index (χ2v) is 15.0. The second kappa shape index (κ2) is 18.7. The van der Waals surface area contributed by atoms with Crippen molar-refractivity contribution in [3.05, 3.63) is 64.4 Å². The SMILES string of the molecule is COc1c2c3c4c(c(CCCNCCOCCO)c(O)c5c(=O)c(Br)c(CO)c(c6c(CO)cc(NCCNCCOCCO)c(c1=O)c63)c54)C=C(C)C2C(C)=O. The monoisotopic (exact) mass is 851 g/mol. The highest BCUT2D eigenvalue weighted by Gasteiger charge is 2.37. The summed E-state index contributed by atoms with van der Waals surface area (Å²) in [6.07, 6.45) is 2.74. The van der Waals surface area contributed by atoms with Gasteiger partial charge in [0.25, 0.3) is 0 Å². The standard InChI is InChI=1S/C42H50BrN3O11/c1-21-17-25-24(5-4-6-44-9-13-56-15-11-47)39(52)37-34-30(25)35-33-29(31(34)26(20-50)38(43)40(37)53)23(19-49)18-27(46-8-7-45-10-14-57-16-12-48)32(33)41(54)42(55-3)36(35)28(21)22(2)51/h17-18,28,44-50,52H,4-16,19-20H2,1-3H3. The lowest BCUT2D eigenvalue weighted by Gasteiger charge is -2.26. The number of rotatable bonds is 22. The minimum atomic E-state index is -0.926. The van der Waals surface area contributed by atoms with Crippen molar-refractivity contribution in [3.8, 4) is 11.5 Å². The van der Waals surface area contributed by atoms with Crippen molar-refractivity contribution in [2.45, 2.75) is 45.8 Å². The topological polar surface area (TPSA) is 216 Å². The van der Waals surface area contributed by atoms with Crippen LogP contribution < -0.4 is 31.5 Å². The Morgan fingerprint density at radius 2 is 1.44 bits per heavy atom. The lowest BCUT2D eigenvalue weighted by molar-refractivity contribution is -0.117. The minimum Gasteiger partial charge on any atom is -0.507 e. The van der Waals surface area contributed by atoms with Crippen molar-refractivity contribution in [1.82, 2.24) is 10.6 Å². The van der Waals surface area contributed by atoms with Gasteiger partial charge >= 0.3 is 0 Å². The Morgan fingerprint density at radius 3 is 2.05 bits per heavy atom. The Labute approximate surface area is 337 Å². The predicted molar refractivity (Wildman–Crippen MR) is 225 cm³/mol. The van der Waals surface area contributed by atoms with Crippen LogP contribution in [0, 0.1) is 0 Å². The number of ether oxygens (including phenoxy) is 3. The van der Waals surface area contributed by atoms with Gasteiger partial charge in [0.15, 0.2) is 5.75 Å². The van der Waals surface area contributed by atoms with Crippen LogP contribution in [-0.2, 0) is 33.9 Å². The molecular weight excluding hydrogens is 802 g/mol. The number of aromatic hydroxyl groups is 1. The summed E-state index contributed by atoms with van der Waals surface area (Å²) < 4.78 is 16.7. The first-order valence-corrected chi connectivity index (χ1v) is 19.9. The molecule has 0 aromatic heterocycles. The number of phenolic OH excluding ortho intramolecular Hbond substituents is 1. The van der Waals surface area contributed by atoms with Crippen molar-refractivity contribution in [2.75, 3.05) is 84.8 Å². The van der Waals surface area contributed by atoms with Gasteiger partial charge in [-0.1, -0.05) is 11.6 Å². The van der Waals surface area contributed by atoms with Crippen LogP contribution in [0.2, 0.25) is 0 Å². The smallest absolute Gasteiger partial charge is 0.230 e. The van der Waals surface area contributed by atoms with E-state index in [0.717, 1.165) is 0 Å². The highest BCUT2D eigenvalue weighted by atomic mass is 79.9. The lowest BCUT2D eigenvalue weighted by atomic mass is 9.78. The minimum absolute atomic E-state index is 0.0237. The quantitative estimate of drug-likeness (QED) is 0.0286. The summed E-state index contributed by atoms with van der Waals surface area (Å²) in [6.45, 7) is 5.86. The van der Waals surface area contributed by atoms with Crippen LogP contribution in [0.3, 0.4) is 0 Å². The summed E-state index contributed by atoms with van der Waals surface area (Å²) in [5, 5.41) is 65.1. The number of anilines is 1. The molecule has 0 spiro atoms. The van der Waals surface area contributed by atoms with Crippen LogP contribution in [0.1, 0.15) is 54.0 Å². The van der Waals surface area contributed by atoms with Crippen LogP contribution in [0.25, 0.3) is 49.2 Å². The van der Waals surface area contributed by atoms with E-state index in [2.05, 4.69) is 31.9 Å². The van der Waals surface area contributed by atoms with Crippen molar-refractivity contribution in [1.29, 1.82) is 0 Å². The number of carbonyl (C=O) groups excluding carboxylic acids is 1. The number of benzene rings is 5. The molecule has 0 saturated heterocycles. The molecule has 57 heavy (non-hydrogen) atoms. The van der Waals surface area contributed by atoms with E-state index in [4.69, 9.17) is 24.4 Å². The first-order valence-electron chi connectivity index (χ1n) is 19.2. The molecule has 0 amide bonds. The highest BCUT2D eigenvalue weighted by molar-refractivity contribution is 9.10. The summed E-state index contributed by atoms with van der Waals surface area (Å²) >= 11 is 3.45. The molecule has 6 rings (SSSR count). The number of aliphatic hydroxyl groups excluding tert-OH is 4. The van der Waals surface area contributed by atoms with Crippen molar-refractivity contribution < 1.29 is 44.5 Å². The van der Waals surface area contributed by atoms with Crippen LogP contribution in [-0.4, -0.2) is 111 Å². The van der Waals surface area contributed by atoms with E-state index in [1.807, 2.05) is 6.08 Å². The average Bonchev–Trinajstić information content (AvgIpc) is 3.32. The lowest BCUT2D eigenvalue weighted by Crippen LogP contribution is -2.26. The molecular formula is C42H50BrN3O11. The van der Waals surface area contributed by atoms with E-state index in [-0.39, 0.29) is 64.5 Å². The van der Waals surface area contributed by atoms with Gasteiger partial charge in [-0.05, 0) is 87.9 Å². The number of hydrogen-bond donors (Lipinski definition) is 8. The van der Waals surface area contributed by atoms with Gasteiger partial charge in [0, 0.05) is 59.3 Å². The highest BCUT2D eigenvalue weighted by Crippen LogP contribution is 2.54. The molecule has 15 heteroatoms. The zero-order valence-corrected chi connectivity index (χ0v) is 34.0. The van der Waals surface area contributed by atoms with Gasteiger partial charge in [-0.25, -0.2) is 0 Å². The number of ketones is 1. The number of Topliss-reactive ketones (excluding diaryl/α,β-unsaturated/α-hetero) is 1. The fraction of sp³-hybridized carbons (Fsp3) is 0.452. The number of fused-ring (bicyclic) bond motifs is 1. The molecule has 306 valence electrons. The molecule has 5 aromatic carbocycles. The summed E-state index contributed by atoms with van der Waals surface area (Å²) in [7, 11) is 1.39. The molecule has 14 nitrogen and oxygen atoms in total. The fourth-order valence-corrected chi connectivity index (χ4v) is 9.01. The molecule has 1 aliphatic carbocycles. The van der Waals surface area contributed by atoms with E-state index in [1.165, 1.54) is 14.0 Å². The molecule has 0 saturated carbocycles. The Bertz CT molecular complexity index is 2440. The van der Waals surface area contributed by atoms with Crippen LogP contribution in [0.15, 0.2) is 25.7 Å². The number of aliphatic hydroxyl groups is 4. The van der Waals surface area contributed by atoms with E-state index in [0.29, 0.717) is 125 Å². The van der Waals surface area contributed by atoms with Gasteiger partial charge in [0.1, 0.15) is 11.5 Å². The maximum Gasteiger partial charge on any atom is 0.230 e. The molecule has 1 atom stereocenters. The fourth-order valence-electron chi connectivity index (χ4n) is 8.49. The Kier molecular flexibility index (Phi) is 14.0. The number of carbonyl (C=O) groups is 1. The molecule has 8 N–H and O–H groups in total. The van der Waals surface area contributed by atoms with Gasteiger partial charge < -0.3 is 55.7 Å². The molecule has 0 aliphatic heterocycles. The van der Waals surface area contributed by atoms with Crippen LogP contribution >= 0.6 is 15.9 Å². The molecule has 1 aliphatic rings. The zero-order valence-electron chi connectivity index (χ0n) is 32.4. The number of nitrogens with one attached hydrogen (secondary N) is 3. The molecule has 5 aromatic rings. The van der Waals surface area contributed by atoms with E-state index >= 15 is 0 Å². The number of phenols is 1. The van der Waals surface area contributed by atoms with Crippen molar-refractivity contribution in [3.63, 3.8) is 0 Å². The maximum absolute atomic E-state index is 14.9.